The Hall–Kier alpha value is -2.44. The molecule has 0 radical (unpaired) electrons. The maximum absolute atomic E-state index is 12.2. The summed E-state index contributed by atoms with van der Waals surface area (Å²) in [7, 11) is 2.15. The van der Waals surface area contributed by atoms with E-state index in [1.807, 2.05) is 30.3 Å². The van der Waals surface area contributed by atoms with Crippen LogP contribution in [-0.2, 0) is 0 Å². The Morgan fingerprint density at radius 1 is 1.12 bits per heavy atom. The Morgan fingerprint density at radius 3 is 2.58 bits per heavy atom. The van der Waals surface area contributed by atoms with E-state index >= 15 is 0 Å². The van der Waals surface area contributed by atoms with Gasteiger partial charge in [0.05, 0.1) is 5.56 Å². The highest BCUT2D eigenvalue weighted by atomic mass is 16.5. The standard InChI is InChI=1S/C20H26N4O2/c1-23-12-14-24(15-13-23)11-5-10-21-20(25)17-8-9-19(22-16-17)26-18-6-3-2-4-7-18/h2-4,6-9,16H,5,10-15H2,1H3,(H,21,25). The summed E-state index contributed by atoms with van der Waals surface area (Å²) < 4.78 is 5.63. The smallest absolute Gasteiger partial charge is 0.252 e. The zero-order chi connectivity index (χ0) is 18.2. The number of likely N-dealkylation sites (N-methyl/N-ethyl adjacent to an activating group) is 1. The van der Waals surface area contributed by atoms with Gasteiger partial charge in [-0.15, -0.1) is 0 Å². The van der Waals surface area contributed by atoms with Gasteiger partial charge in [-0.25, -0.2) is 4.98 Å². The second kappa shape index (κ2) is 9.31. The van der Waals surface area contributed by atoms with Crippen molar-refractivity contribution in [2.75, 3.05) is 46.3 Å². The molecule has 1 N–H and O–H groups in total. The molecule has 3 rings (SSSR count). The molecule has 6 heteroatoms. The highest BCUT2D eigenvalue weighted by Gasteiger charge is 2.13. The largest absolute Gasteiger partial charge is 0.439 e. The molecule has 6 nitrogen and oxygen atoms in total. The number of piperazine rings is 1. The van der Waals surface area contributed by atoms with Crippen molar-refractivity contribution in [1.29, 1.82) is 0 Å². The van der Waals surface area contributed by atoms with Crippen LogP contribution in [0.15, 0.2) is 48.7 Å². The molecule has 1 saturated heterocycles. The monoisotopic (exact) mass is 354 g/mol. The molecule has 0 spiro atoms. The lowest BCUT2D eigenvalue weighted by Crippen LogP contribution is -2.45. The quantitative estimate of drug-likeness (QED) is 0.773. The molecule has 2 aromatic rings. The number of hydrogen-bond donors (Lipinski definition) is 1. The minimum Gasteiger partial charge on any atom is -0.439 e. The fourth-order valence-electron chi connectivity index (χ4n) is 2.86. The average Bonchev–Trinajstić information content (AvgIpc) is 2.68. The molecule has 0 unspecified atom stereocenters. The number of para-hydroxylation sites is 1. The maximum atomic E-state index is 12.2. The topological polar surface area (TPSA) is 57.7 Å². The third kappa shape index (κ3) is 5.54. The minimum absolute atomic E-state index is 0.0952. The molecule has 1 aromatic heterocycles. The number of nitrogens with zero attached hydrogens (tertiary/aromatic N) is 3. The maximum Gasteiger partial charge on any atom is 0.252 e. The third-order valence-corrected chi connectivity index (χ3v) is 4.50. The van der Waals surface area contributed by atoms with E-state index in [0.29, 0.717) is 18.0 Å². The van der Waals surface area contributed by atoms with Crippen molar-refractivity contribution in [3.8, 4) is 11.6 Å². The number of hydrogen-bond acceptors (Lipinski definition) is 5. The number of benzene rings is 1. The molecule has 138 valence electrons. The molecule has 0 atom stereocenters. The summed E-state index contributed by atoms with van der Waals surface area (Å²) in [5.74, 6) is 1.10. The van der Waals surface area contributed by atoms with Crippen LogP contribution in [0.4, 0.5) is 0 Å². The summed E-state index contributed by atoms with van der Waals surface area (Å²) >= 11 is 0. The summed E-state index contributed by atoms with van der Waals surface area (Å²) in [5.41, 5.74) is 0.546. The van der Waals surface area contributed by atoms with Gasteiger partial charge in [-0.3, -0.25) is 4.79 Å². The lowest BCUT2D eigenvalue weighted by Gasteiger charge is -2.32. The molecule has 0 aliphatic carbocycles. The number of nitrogens with one attached hydrogen (secondary N) is 1. The predicted octanol–water partition coefficient (Wildman–Crippen LogP) is 2.24. The first-order valence-electron chi connectivity index (χ1n) is 9.09. The van der Waals surface area contributed by atoms with Crippen LogP contribution in [0.5, 0.6) is 11.6 Å². The highest BCUT2D eigenvalue weighted by molar-refractivity contribution is 5.93. The molecule has 0 saturated carbocycles. The Bertz CT molecular complexity index is 683. The second-order valence-electron chi connectivity index (χ2n) is 6.55. The van der Waals surface area contributed by atoms with Crippen LogP contribution in [0.25, 0.3) is 0 Å². The van der Waals surface area contributed by atoms with Crippen LogP contribution in [0.1, 0.15) is 16.8 Å². The fraction of sp³-hybridized carbons (Fsp3) is 0.400. The van der Waals surface area contributed by atoms with E-state index in [1.54, 1.807) is 18.3 Å². The molecule has 1 aliphatic rings. The van der Waals surface area contributed by atoms with Crippen LogP contribution in [0.3, 0.4) is 0 Å². The van der Waals surface area contributed by atoms with Gasteiger partial charge in [-0.2, -0.15) is 0 Å². The van der Waals surface area contributed by atoms with E-state index in [1.165, 1.54) is 0 Å². The average molecular weight is 354 g/mol. The first-order valence-corrected chi connectivity index (χ1v) is 9.09. The lowest BCUT2D eigenvalue weighted by atomic mass is 10.2. The Kier molecular flexibility index (Phi) is 6.57. The minimum atomic E-state index is -0.0952. The summed E-state index contributed by atoms with van der Waals surface area (Å²) in [5, 5.41) is 2.96. The van der Waals surface area contributed by atoms with Crippen molar-refractivity contribution in [3.05, 3.63) is 54.2 Å². The number of carbonyl (C=O) groups is 1. The van der Waals surface area contributed by atoms with Crippen molar-refractivity contribution >= 4 is 5.91 Å². The van der Waals surface area contributed by atoms with Crippen molar-refractivity contribution < 1.29 is 9.53 Å². The van der Waals surface area contributed by atoms with Gasteiger partial charge in [0.15, 0.2) is 0 Å². The van der Waals surface area contributed by atoms with E-state index in [0.717, 1.165) is 44.9 Å². The normalized spacial score (nSPS) is 15.6. The van der Waals surface area contributed by atoms with Gasteiger partial charge in [-0.05, 0) is 38.2 Å². The molecular weight excluding hydrogens is 328 g/mol. The number of aromatic nitrogens is 1. The molecule has 1 fully saturated rings. The van der Waals surface area contributed by atoms with E-state index in [-0.39, 0.29) is 5.91 Å². The van der Waals surface area contributed by atoms with Crippen LogP contribution in [-0.4, -0.2) is 67.0 Å². The molecule has 1 amide bonds. The van der Waals surface area contributed by atoms with E-state index in [2.05, 4.69) is 27.1 Å². The van der Waals surface area contributed by atoms with E-state index < -0.39 is 0 Å². The van der Waals surface area contributed by atoms with Gasteiger partial charge in [0.25, 0.3) is 5.91 Å². The van der Waals surface area contributed by atoms with Gasteiger partial charge in [-0.1, -0.05) is 18.2 Å². The van der Waals surface area contributed by atoms with Gasteiger partial charge in [0.1, 0.15) is 5.75 Å². The van der Waals surface area contributed by atoms with Crippen molar-refractivity contribution in [2.24, 2.45) is 0 Å². The van der Waals surface area contributed by atoms with Crippen LogP contribution in [0.2, 0.25) is 0 Å². The lowest BCUT2D eigenvalue weighted by molar-refractivity contribution is 0.0949. The first-order chi connectivity index (χ1) is 12.7. The Labute approximate surface area is 154 Å². The van der Waals surface area contributed by atoms with Gasteiger partial charge >= 0.3 is 0 Å². The highest BCUT2D eigenvalue weighted by Crippen LogP contribution is 2.18. The van der Waals surface area contributed by atoms with E-state index in [4.69, 9.17) is 4.74 Å². The molecule has 0 bridgehead atoms. The fourth-order valence-corrected chi connectivity index (χ4v) is 2.86. The number of pyridine rings is 1. The molecule has 1 aliphatic heterocycles. The Morgan fingerprint density at radius 2 is 1.88 bits per heavy atom. The molecule has 1 aromatic carbocycles. The van der Waals surface area contributed by atoms with Crippen LogP contribution >= 0.6 is 0 Å². The Balaban J connectivity index is 1.39. The number of ether oxygens (including phenoxy) is 1. The molecular formula is C20H26N4O2. The van der Waals surface area contributed by atoms with Crippen LogP contribution < -0.4 is 10.1 Å². The van der Waals surface area contributed by atoms with Crippen molar-refractivity contribution in [2.45, 2.75) is 6.42 Å². The van der Waals surface area contributed by atoms with Gasteiger partial charge in [0, 0.05) is 45.0 Å². The predicted molar refractivity (Wildman–Crippen MR) is 102 cm³/mol. The van der Waals surface area contributed by atoms with Gasteiger partial charge in [0.2, 0.25) is 5.88 Å². The number of carbonyl (C=O) groups excluding carboxylic acids is 1. The summed E-state index contributed by atoms with van der Waals surface area (Å²) in [6.07, 6.45) is 2.51. The molecule has 2 heterocycles. The molecule has 26 heavy (non-hydrogen) atoms. The van der Waals surface area contributed by atoms with E-state index in [9.17, 15) is 4.79 Å². The first kappa shape index (κ1) is 18.4. The summed E-state index contributed by atoms with van der Waals surface area (Å²) in [6.45, 7) is 6.16. The third-order valence-electron chi connectivity index (χ3n) is 4.50. The zero-order valence-corrected chi connectivity index (χ0v) is 15.2. The zero-order valence-electron chi connectivity index (χ0n) is 15.2. The SMILES string of the molecule is CN1CCN(CCCNC(=O)c2ccc(Oc3ccccc3)nc2)CC1. The number of amides is 1. The van der Waals surface area contributed by atoms with Crippen molar-refractivity contribution in [3.63, 3.8) is 0 Å². The summed E-state index contributed by atoms with van der Waals surface area (Å²) in [4.78, 5) is 21.2. The van der Waals surface area contributed by atoms with Gasteiger partial charge < -0.3 is 19.9 Å². The second-order valence-corrected chi connectivity index (χ2v) is 6.55. The number of rotatable bonds is 7. The summed E-state index contributed by atoms with van der Waals surface area (Å²) in [6, 6.07) is 12.9. The van der Waals surface area contributed by atoms with Crippen molar-refractivity contribution in [1.82, 2.24) is 20.1 Å². The van der Waals surface area contributed by atoms with Crippen LogP contribution in [0, 0.1) is 0 Å².